The van der Waals surface area contributed by atoms with Crippen LogP contribution in [0.5, 0.6) is 0 Å². The number of benzene rings is 1. The van der Waals surface area contributed by atoms with Gasteiger partial charge in [-0.25, -0.2) is 5.10 Å². The van der Waals surface area contributed by atoms with Gasteiger partial charge in [0.1, 0.15) is 0 Å². The predicted octanol–water partition coefficient (Wildman–Crippen LogP) is 2.36. The van der Waals surface area contributed by atoms with Crippen LogP contribution in [0.4, 0.5) is 11.6 Å². The molecule has 3 rings (SSSR count). The number of allylic oxidation sites excluding steroid dienone is 2. The Kier molecular flexibility index (Phi) is 3.89. The number of nitrogens with zero attached hydrogens (tertiary/aromatic N) is 3. The first-order valence-electron chi connectivity index (χ1n) is 7.28. The minimum Gasteiger partial charge on any atom is -0.368 e. The minimum absolute atomic E-state index is 0.0288. The molecule has 0 unspecified atom stereocenters. The molecule has 0 saturated heterocycles. The van der Waals surface area contributed by atoms with Crippen molar-refractivity contribution in [2.45, 2.75) is 24.4 Å². The molecule has 0 bridgehead atoms. The van der Waals surface area contributed by atoms with Gasteiger partial charge in [0.2, 0.25) is 11.1 Å². The van der Waals surface area contributed by atoms with E-state index in [1.165, 1.54) is 17.3 Å². The van der Waals surface area contributed by atoms with Gasteiger partial charge in [-0.2, -0.15) is 4.98 Å². The van der Waals surface area contributed by atoms with E-state index in [0.29, 0.717) is 5.16 Å². The lowest BCUT2D eigenvalue weighted by atomic mass is 9.83. The summed E-state index contributed by atoms with van der Waals surface area (Å²) in [5.41, 5.74) is 8.66. The molecule has 6 nitrogen and oxygen atoms in total. The number of likely N-dealkylation sites (N-methyl/N-ethyl adjacent to an activating group) is 1. The third-order valence-electron chi connectivity index (χ3n) is 4.06. The molecule has 0 atom stereocenters. The summed E-state index contributed by atoms with van der Waals surface area (Å²) in [6.07, 6.45) is 1.73. The first kappa shape index (κ1) is 15.6. The number of carbonyl (C=O) groups excluding carboxylic acids is 1. The van der Waals surface area contributed by atoms with Crippen molar-refractivity contribution in [3.63, 3.8) is 0 Å². The largest absolute Gasteiger partial charge is 0.368 e. The number of hydrogen-bond donors (Lipinski definition) is 2. The van der Waals surface area contributed by atoms with E-state index in [0.717, 1.165) is 11.4 Å². The van der Waals surface area contributed by atoms with Crippen molar-refractivity contribution in [1.29, 1.82) is 0 Å². The molecule has 1 aliphatic rings. The fourth-order valence-corrected chi connectivity index (χ4v) is 3.54. The maximum absolute atomic E-state index is 12.3. The molecule has 2 aromatic rings. The number of thioether (sulfide) groups is 1. The van der Waals surface area contributed by atoms with Crippen molar-refractivity contribution >= 4 is 29.2 Å². The molecular formula is C16H19N5OS. The molecular weight excluding hydrogens is 310 g/mol. The zero-order valence-electron chi connectivity index (χ0n) is 13.3. The van der Waals surface area contributed by atoms with Crippen LogP contribution in [0, 0.1) is 0 Å². The summed E-state index contributed by atoms with van der Waals surface area (Å²) >= 11 is 1.27. The van der Waals surface area contributed by atoms with Crippen molar-refractivity contribution < 1.29 is 4.79 Å². The van der Waals surface area contributed by atoms with Crippen molar-refractivity contribution in [3.05, 3.63) is 41.6 Å². The Morgan fingerprint density at radius 1 is 1.43 bits per heavy atom. The highest BCUT2D eigenvalue weighted by atomic mass is 32.2. The Balaban J connectivity index is 1.78. The molecule has 2 heterocycles. The number of rotatable bonds is 4. The molecule has 0 amide bonds. The molecule has 120 valence electrons. The highest BCUT2D eigenvalue weighted by molar-refractivity contribution is 7.99. The number of hydrogen-bond acceptors (Lipinski definition) is 6. The van der Waals surface area contributed by atoms with E-state index >= 15 is 0 Å². The summed E-state index contributed by atoms with van der Waals surface area (Å²) in [6, 6.07) is 8.23. The summed E-state index contributed by atoms with van der Waals surface area (Å²) < 4.78 is 0. The number of nitrogen functional groups attached to an aromatic ring is 1. The molecule has 1 aromatic carbocycles. The standard InChI is InChI=1S/C16H19N5OS/c1-16(2)11-6-4-5-7-12(11)21(3)13(16)8-10(22)9-23-15-18-14(17)19-20-15/h4-8H,9H2,1-3H3,(H3,17,18,19,20)/b13-8+. The molecule has 0 spiro atoms. The lowest BCUT2D eigenvalue weighted by Gasteiger charge is -2.23. The first-order chi connectivity index (χ1) is 10.9. The highest BCUT2D eigenvalue weighted by Gasteiger charge is 2.38. The first-order valence-corrected chi connectivity index (χ1v) is 8.27. The van der Waals surface area contributed by atoms with Crippen LogP contribution in [0.2, 0.25) is 0 Å². The zero-order chi connectivity index (χ0) is 16.6. The summed E-state index contributed by atoms with van der Waals surface area (Å²) in [5.74, 6) is 0.563. The second kappa shape index (κ2) is 5.73. The number of anilines is 2. The molecule has 1 aromatic heterocycles. The lowest BCUT2D eigenvalue weighted by molar-refractivity contribution is -0.112. The Labute approximate surface area is 139 Å². The molecule has 0 radical (unpaired) electrons. The second-order valence-corrected chi connectivity index (χ2v) is 6.93. The van der Waals surface area contributed by atoms with E-state index in [2.05, 4.69) is 46.1 Å². The predicted molar refractivity (Wildman–Crippen MR) is 92.5 cm³/mol. The van der Waals surface area contributed by atoms with Gasteiger partial charge in [-0.05, 0) is 11.6 Å². The number of para-hydroxylation sites is 1. The van der Waals surface area contributed by atoms with Gasteiger partial charge in [0, 0.05) is 29.9 Å². The van der Waals surface area contributed by atoms with Crippen LogP contribution < -0.4 is 10.6 Å². The van der Waals surface area contributed by atoms with Crippen molar-refractivity contribution in [2.24, 2.45) is 0 Å². The van der Waals surface area contributed by atoms with Gasteiger partial charge < -0.3 is 10.6 Å². The number of nitrogens with one attached hydrogen (secondary N) is 1. The number of ketones is 1. The lowest BCUT2D eigenvalue weighted by Crippen LogP contribution is -2.24. The van der Waals surface area contributed by atoms with E-state index in [4.69, 9.17) is 5.73 Å². The topological polar surface area (TPSA) is 87.9 Å². The molecule has 23 heavy (non-hydrogen) atoms. The van der Waals surface area contributed by atoms with Gasteiger partial charge in [-0.3, -0.25) is 4.79 Å². The average Bonchev–Trinajstić information content (AvgIpc) is 3.02. The Morgan fingerprint density at radius 3 is 2.83 bits per heavy atom. The van der Waals surface area contributed by atoms with Crippen LogP contribution in [0.1, 0.15) is 19.4 Å². The fourth-order valence-electron chi connectivity index (χ4n) is 2.91. The Morgan fingerprint density at radius 2 is 2.17 bits per heavy atom. The second-order valence-electron chi connectivity index (χ2n) is 5.99. The Hall–Kier alpha value is -2.28. The maximum atomic E-state index is 12.3. The monoisotopic (exact) mass is 329 g/mol. The van der Waals surface area contributed by atoms with Crippen LogP contribution in [0.25, 0.3) is 0 Å². The van der Waals surface area contributed by atoms with E-state index in [-0.39, 0.29) is 22.9 Å². The SMILES string of the molecule is CN1/C(=C/C(=O)CSc2n[nH]c(N)n2)C(C)(C)c2ccccc21. The van der Waals surface area contributed by atoms with Gasteiger partial charge in [-0.1, -0.05) is 43.8 Å². The minimum atomic E-state index is -0.194. The van der Waals surface area contributed by atoms with Crippen molar-refractivity contribution in [1.82, 2.24) is 15.2 Å². The number of aromatic amines is 1. The molecule has 0 saturated carbocycles. The summed E-state index contributed by atoms with van der Waals surface area (Å²) in [4.78, 5) is 18.4. The summed E-state index contributed by atoms with van der Waals surface area (Å²) in [5, 5.41) is 6.96. The number of H-pyrrole nitrogens is 1. The average molecular weight is 329 g/mol. The van der Waals surface area contributed by atoms with E-state index in [9.17, 15) is 4.79 Å². The van der Waals surface area contributed by atoms with Gasteiger partial charge >= 0.3 is 0 Å². The van der Waals surface area contributed by atoms with Crippen LogP contribution in [-0.4, -0.2) is 33.8 Å². The third kappa shape index (κ3) is 2.84. The number of aromatic nitrogens is 3. The Bertz CT molecular complexity index is 780. The highest BCUT2D eigenvalue weighted by Crippen LogP contribution is 2.46. The summed E-state index contributed by atoms with van der Waals surface area (Å²) in [6.45, 7) is 4.27. The maximum Gasteiger partial charge on any atom is 0.216 e. The smallest absolute Gasteiger partial charge is 0.216 e. The quantitative estimate of drug-likeness (QED) is 0.661. The van der Waals surface area contributed by atoms with E-state index in [1.807, 2.05) is 19.2 Å². The van der Waals surface area contributed by atoms with Gasteiger partial charge in [0.05, 0.1) is 5.75 Å². The number of fused-ring (bicyclic) bond motifs is 1. The molecule has 0 aliphatic carbocycles. The number of nitrogens with two attached hydrogens (primary N) is 1. The molecule has 3 N–H and O–H groups in total. The molecule has 0 fully saturated rings. The zero-order valence-corrected chi connectivity index (χ0v) is 14.1. The van der Waals surface area contributed by atoms with Gasteiger partial charge in [0.15, 0.2) is 5.78 Å². The molecule has 7 heteroatoms. The van der Waals surface area contributed by atoms with E-state index < -0.39 is 0 Å². The van der Waals surface area contributed by atoms with Crippen LogP contribution in [0.3, 0.4) is 0 Å². The van der Waals surface area contributed by atoms with Crippen molar-refractivity contribution in [3.8, 4) is 0 Å². The third-order valence-corrected chi connectivity index (χ3v) is 4.93. The van der Waals surface area contributed by atoms with Crippen molar-refractivity contribution in [2.75, 3.05) is 23.4 Å². The van der Waals surface area contributed by atoms with E-state index in [1.54, 1.807) is 6.08 Å². The number of carbonyl (C=O) groups is 1. The van der Waals surface area contributed by atoms with Gasteiger partial charge in [-0.15, -0.1) is 5.10 Å². The summed E-state index contributed by atoms with van der Waals surface area (Å²) in [7, 11) is 2.00. The molecule has 1 aliphatic heterocycles. The normalized spacial score (nSPS) is 17.5. The van der Waals surface area contributed by atoms with Crippen LogP contribution in [0.15, 0.2) is 41.2 Å². The van der Waals surface area contributed by atoms with Crippen LogP contribution >= 0.6 is 11.8 Å². The van der Waals surface area contributed by atoms with Gasteiger partial charge in [0.25, 0.3) is 0 Å². The fraction of sp³-hybridized carbons (Fsp3) is 0.312. The van der Waals surface area contributed by atoms with Crippen LogP contribution in [-0.2, 0) is 10.2 Å².